The molecule has 1 saturated heterocycles. The van der Waals surface area contributed by atoms with Crippen molar-refractivity contribution in [2.75, 3.05) is 27.3 Å². The summed E-state index contributed by atoms with van der Waals surface area (Å²) in [5.41, 5.74) is 1.13. The van der Waals surface area contributed by atoms with Crippen LogP contribution >= 0.6 is 0 Å². The normalized spacial score (nSPS) is 22.8. The molecule has 1 amide bonds. The van der Waals surface area contributed by atoms with Gasteiger partial charge in [-0.05, 0) is 24.1 Å². The van der Waals surface area contributed by atoms with Crippen LogP contribution in [0.25, 0.3) is 0 Å². The molecule has 0 spiro atoms. The Morgan fingerprint density at radius 3 is 2.67 bits per heavy atom. The summed E-state index contributed by atoms with van der Waals surface area (Å²) in [5, 5.41) is 6.30. The first-order chi connectivity index (χ1) is 10.1. The van der Waals surface area contributed by atoms with E-state index in [0.29, 0.717) is 6.42 Å². The van der Waals surface area contributed by atoms with E-state index >= 15 is 0 Å². The van der Waals surface area contributed by atoms with Crippen molar-refractivity contribution in [1.82, 2.24) is 10.6 Å². The summed E-state index contributed by atoms with van der Waals surface area (Å²) in [6.07, 6.45) is 0.773. The predicted molar refractivity (Wildman–Crippen MR) is 81.5 cm³/mol. The maximum absolute atomic E-state index is 12.3. The highest BCUT2D eigenvalue weighted by Gasteiger charge is 2.29. The van der Waals surface area contributed by atoms with Crippen LogP contribution in [-0.2, 0) is 16.0 Å². The van der Waals surface area contributed by atoms with Crippen LogP contribution in [-0.4, -0.2) is 45.4 Å². The Labute approximate surface area is 126 Å². The van der Waals surface area contributed by atoms with E-state index in [1.807, 2.05) is 31.2 Å². The first-order valence-corrected chi connectivity index (χ1v) is 7.31. The van der Waals surface area contributed by atoms with Gasteiger partial charge in [-0.1, -0.05) is 19.1 Å². The van der Waals surface area contributed by atoms with Crippen LogP contribution in [0, 0.1) is 5.92 Å². The summed E-state index contributed by atoms with van der Waals surface area (Å²) in [7, 11) is 3.32. The van der Waals surface area contributed by atoms with E-state index < -0.39 is 0 Å². The largest absolute Gasteiger partial charge is 0.497 e. The Balaban J connectivity index is 1.86. The molecule has 3 atom stereocenters. The zero-order valence-corrected chi connectivity index (χ0v) is 12.9. The number of carbonyl (C=O) groups excluding carboxylic acids is 1. The predicted octanol–water partition coefficient (Wildman–Crippen LogP) is 0.977. The van der Waals surface area contributed by atoms with Crippen molar-refractivity contribution in [3.8, 4) is 5.75 Å². The molecule has 2 rings (SSSR count). The van der Waals surface area contributed by atoms with Crippen molar-refractivity contribution in [3.63, 3.8) is 0 Å². The molecule has 1 aromatic rings. The van der Waals surface area contributed by atoms with Gasteiger partial charge in [-0.25, -0.2) is 0 Å². The van der Waals surface area contributed by atoms with Gasteiger partial charge in [0.05, 0.1) is 19.3 Å². The maximum Gasteiger partial charge on any atom is 0.223 e. The standard InChI is InChI=1S/C16H24N2O3/c1-11(8-12-4-6-13(20-2)7-5-12)16(19)18-14-9-17-10-15(14)21-3/h4-7,11,14-15,17H,8-10H2,1-3H3,(H,18,19)/t11?,14?,15-/m0/s1. The molecule has 0 saturated carbocycles. The van der Waals surface area contributed by atoms with Gasteiger partial charge in [0.2, 0.25) is 5.91 Å². The number of carbonyl (C=O) groups is 1. The molecule has 1 aromatic carbocycles. The van der Waals surface area contributed by atoms with Gasteiger partial charge in [0.1, 0.15) is 5.75 Å². The molecule has 1 fully saturated rings. The number of nitrogens with one attached hydrogen (secondary N) is 2. The monoisotopic (exact) mass is 292 g/mol. The van der Waals surface area contributed by atoms with E-state index in [-0.39, 0.29) is 24.0 Å². The van der Waals surface area contributed by atoms with E-state index in [1.54, 1.807) is 14.2 Å². The molecule has 2 N–H and O–H groups in total. The summed E-state index contributed by atoms with van der Waals surface area (Å²) >= 11 is 0. The topological polar surface area (TPSA) is 59.6 Å². The van der Waals surface area contributed by atoms with Crippen molar-refractivity contribution in [2.45, 2.75) is 25.5 Å². The minimum absolute atomic E-state index is 0.0563. The average Bonchev–Trinajstić information content (AvgIpc) is 2.95. The molecular weight excluding hydrogens is 268 g/mol. The van der Waals surface area contributed by atoms with E-state index in [2.05, 4.69) is 10.6 Å². The second kappa shape index (κ2) is 7.43. The molecule has 0 aromatic heterocycles. The molecule has 116 valence electrons. The summed E-state index contributed by atoms with van der Waals surface area (Å²) in [6, 6.07) is 7.89. The van der Waals surface area contributed by atoms with Crippen LogP contribution in [0.15, 0.2) is 24.3 Å². The van der Waals surface area contributed by atoms with Gasteiger partial charge in [-0.15, -0.1) is 0 Å². The second-order valence-corrected chi connectivity index (χ2v) is 5.50. The Morgan fingerprint density at radius 2 is 2.05 bits per heavy atom. The Bertz CT molecular complexity index is 461. The Kier molecular flexibility index (Phi) is 5.59. The van der Waals surface area contributed by atoms with Gasteiger partial charge in [-0.2, -0.15) is 0 Å². The Hall–Kier alpha value is -1.59. The fourth-order valence-electron chi connectivity index (χ4n) is 2.58. The van der Waals surface area contributed by atoms with E-state index in [0.717, 1.165) is 24.4 Å². The summed E-state index contributed by atoms with van der Waals surface area (Å²) in [4.78, 5) is 12.3. The zero-order chi connectivity index (χ0) is 15.2. The minimum atomic E-state index is -0.0727. The van der Waals surface area contributed by atoms with Crippen molar-refractivity contribution in [3.05, 3.63) is 29.8 Å². The van der Waals surface area contributed by atoms with Gasteiger partial charge in [-0.3, -0.25) is 4.79 Å². The van der Waals surface area contributed by atoms with E-state index in [1.165, 1.54) is 0 Å². The first-order valence-electron chi connectivity index (χ1n) is 7.31. The van der Waals surface area contributed by atoms with E-state index in [9.17, 15) is 4.79 Å². The third-order valence-corrected chi connectivity index (χ3v) is 3.94. The fourth-order valence-corrected chi connectivity index (χ4v) is 2.58. The molecule has 5 nitrogen and oxygen atoms in total. The van der Waals surface area contributed by atoms with Crippen LogP contribution in [0.1, 0.15) is 12.5 Å². The molecule has 0 radical (unpaired) electrons. The lowest BCUT2D eigenvalue weighted by atomic mass is 9.99. The molecule has 1 aliphatic heterocycles. The molecule has 1 aliphatic rings. The zero-order valence-electron chi connectivity index (χ0n) is 12.9. The Morgan fingerprint density at radius 1 is 1.33 bits per heavy atom. The number of rotatable bonds is 6. The summed E-state index contributed by atoms with van der Waals surface area (Å²) in [6.45, 7) is 3.50. The SMILES string of the molecule is COc1ccc(CC(C)C(=O)NC2CNC[C@@H]2OC)cc1. The second-order valence-electron chi connectivity index (χ2n) is 5.50. The number of methoxy groups -OCH3 is 2. The summed E-state index contributed by atoms with van der Waals surface area (Å²) in [5.74, 6) is 0.828. The quantitative estimate of drug-likeness (QED) is 0.820. The van der Waals surface area contributed by atoms with Crippen molar-refractivity contribution >= 4 is 5.91 Å². The molecule has 5 heteroatoms. The molecular formula is C16H24N2O3. The molecule has 2 unspecified atom stereocenters. The van der Waals surface area contributed by atoms with Crippen LogP contribution in [0.5, 0.6) is 5.75 Å². The van der Waals surface area contributed by atoms with Gasteiger partial charge in [0.15, 0.2) is 0 Å². The third kappa shape index (κ3) is 4.19. The molecule has 0 bridgehead atoms. The average molecular weight is 292 g/mol. The fraction of sp³-hybridized carbons (Fsp3) is 0.562. The van der Waals surface area contributed by atoms with Crippen LogP contribution in [0.3, 0.4) is 0 Å². The minimum Gasteiger partial charge on any atom is -0.497 e. The smallest absolute Gasteiger partial charge is 0.223 e. The lowest BCUT2D eigenvalue weighted by Crippen LogP contribution is -2.45. The highest BCUT2D eigenvalue weighted by atomic mass is 16.5. The van der Waals surface area contributed by atoms with Crippen LogP contribution in [0.4, 0.5) is 0 Å². The summed E-state index contributed by atoms with van der Waals surface area (Å²) < 4.78 is 10.5. The van der Waals surface area contributed by atoms with Crippen LogP contribution < -0.4 is 15.4 Å². The van der Waals surface area contributed by atoms with Crippen molar-refractivity contribution < 1.29 is 14.3 Å². The van der Waals surface area contributed by atoms with Crippen molar-refractivity contribution in [1.29, 1.82) is 0 Å². The van der Waals surface area contributed by atoms with Gasteiger partial charge < -0.3 is 20.1 Å². The third-order valence-electron chi connectivity index (χ3n) is 3.94. The molecule has 1 heterocycles. The number of amides is 1. The number of hydrogen-bond donors (Lipinski definition) is 2. The number of ether oxygens (including phenoxy) is 2. The van der Waals surface area contributed by atoms with Crippen LogP contribution in [0.2, 0.25) is 0 Å². The van der Waals surface area contributed by atoms with Gasteiger partial charge >= 0.3 is 0 Å². The highest BCUT2D eigenvalue weighted by Crippen LogP contribution is 2.15. The van der Waals surface area contributed by atoms with Crippen molar-refractivity contribution in [2.24, 2.45) is 5.92 Å². The van der Waals surface area contributed by atoms with Gasteiger partial charge in [0.25, 0.3) is 0 Å². The molecule has 21 heavy (non-hydrogen) atoms. The maximum atomic E-state index is 12.3. The molecule has 0 aliphatic carbocycles. The number of hydrogen-bond acceptors (Lipinski definition) is 4. The lowest BCUT2D eigenvalue weighted by Gasteiger charge is -2.21. The van der Waals surface area contributed by atoms with E-state index in [4.69, 9.17) is 9.47 Å². The number of benzene rings is 1. The first kappa shape index (κ1) is 15.8. The highest BCUT2D eigenvalue weighted by molar-refractivity contribution is 5.79. The lowest BCUT2D eigenvalue weighted by molar-refractivity contribution is -0.125. The van der Waals surface area contributed by atoms with Gasteiger partial charge in [0, 0.05) is 26.1 Å².